The molecule has 160 valence electrons. The van der Waals surface area contributed by atoms with E-state index in [0.29, 0.717) is 18.5 Å². The number of esters is 1. The number of nitrogens with zero attached hydrogens (tertiary/aromatic N) is 1. The molecule has 0 saturated carbocycles. The zero-order valence-electron chi connectivity index (χ0n) is 17.7. The molecule has 1 atom stereocenters. The van der Waals surface area contributed by atoms with Gasteiger partial charge in [0.1, 0.15) is 17.1 Å². The van der Waals surface area contributed by atoms with Crippen LogP contribution in [0.1, 0.15) is 48.0 Å². The Bertz CT molecular complexity index is 604. The van der Waals surface area contributed by atoms with Crippen molar-refractivity contribution in [2.45, 2.75) is 64.4 Å². The summed E-state index contributed by atoms with van der Waals surface area (Å²) in [4.78, 5) is 37.3. The van der Waals surface area contributed by atoms with Crippen LogP contribution < -0.4 is 0 Å². The van der Waals surface area contributed by atoms with E-state index >= 15 is 0 Å². The summed E-state index contributed by atoms with van der Waals surface area (Å²) < 4.78 is 20.2. The highest BCUT2D eigenvalue weighted by molar-refractivity contribution is 7.99. The first-order chi connectivity index (χ1) is 12.8. The van der Waals surface area contributed by atoms with Crippen LogP contribution in [0.2, 0.25) is 0 Å². The van der Waals surface area contributed by atoms with Gasteiger partial charge in [-0.15, -0.1) is 11.8 Å². The molecule has 1 fully saturated rings. The SMILES string of the molecule is COC(=O)OCSC1CCN(C(=O)OC(C)(C)C)C/C1=C/C(=O)OC(C)(C)C. The first-order valence-electron chi connectivity index (χ1n) is 9.04. The van der Waals surface area contributed by atoms with Crippen LogP contribution in [0, 0.1) is 0 Å². The molecular weight excluding hydrogens is 386 g/mol. The third kappa shape index (κ3) is 9.34. The quantitative estimate of drug-likeness (QED) is 0.296. The molecule has 1 heterocycles. The van der Waals surface area contributed by atoms with Gasteiger partial charge in [0, 0.05) is 24.4 Å². The molecule has 0 aliphatic carbocycles. The molecule has 8 nitrogen and oxygen atoms in total. The standard InChI is InChI=1S/C19H31NO7S/c1-18(2,3)26-15(21)10-13-11-20(16(22)27-19(4,5)6)9-8-14(13)28-12-25-17(23)24-7/h10,14H,8-9,11-12H2,1-7H3/b13-10-. The molecule has 0 aromatic rings. The van der Waals surface area contributed by atoms with Gasteiger partial charge in [0.15, 0.2) is 0 Å². The Labute approximate surface area is 170 Å². The minimum absolute atomic E-state index is 0.0788. The van der Waals surface area contributed by atoms with Gasteiger partial charge in [0.05, 0.1) is 7.11 Å². The largest absolute Gasteiger partial charge is 0.508 e. The summed E-state index contributed by atoms with van der Waals surface area (Å²) in [7, 11) is 1.24. The van der Waals surface area contributed by atoms with Crippen LogP contribution in [-0.2, 0) is 23.7 Å². The highest BCUT2D eigenvalue weighted by atomic mass is 32.2. The second kappa shape index (κ2) is 10.0. The van der Waals surface area contributed by atoms with Gasteiger partial charge >= 0.3 is 18.2 Å². The van der Waals surface area contributed by atoms with Crippen molar-refractivity contribution in [3.63, 3.8) is 0 Å². The maximum absolute atomic E-state index is 12.4. The highest BCUT2D eigenvalue weighted by Gasteiger charge is 2.31. The number of hydrogen-bond acceptors (Lipinski definition) is 8. The van der Waals surface area contributed by atoms with Gasteiger partial charge in [-0.25, -0.2) is 14.4 Å². The number of hydrogen-bond donors (Lipinski definition) is 0. The zero-order valence-corrected chi connectivity index (χ0v) is 18.5. The van der Waals surface area contributed by atoms with Crippen LogP contribution in [0.15, 0.2) is 11.6 Å². The monoisotopic (exact) mass is 417 g/mol. The predicted molar refractivity (Wildman–Crippen MR) is 106 cm³/mol. The molecule has 0 spiro atoms. The first-order valence-corrected chi connectivity index (χ1v) is 10.1. The molecule has 0 aromatic carbocycles. The average molecular weight is 418 g/mol. The van der Waals surface area contributed by atoms with Gasteiger partial charge in [-0.1, -0.05) is 0 Å². The van der Waals surface area contributed by atoms with E-state index in [1.807, 2.05) is 0 Å². The molecule has 0 radical (unpaired) electrons. The number of methoxy groups -OCH3 is 1. The molecule has 1 rings (SSSR count). The summed E-state index contributed by atoms with van der Waals surface area (Å²) in [5.41, 5.74) is -0.513. The van der Waals surface area contributed by atoms with E-state index in [2.05, 4.69) is 4.74 Å². The Hall–Kier alpha value is -1.90. The Morgan fingerprint density at radius 2 is 1.71 bits per heavy atom. The van der Waals surface area contributed by atoms with Crippen LogP contribution >= 0.6 is 11.8 Å². The summed E-state index contributed by atoms with van der Waals surface area (Å²) in [6.45, 7) is 11.5. The maximum atomic E-state index is 12.4. The van der Waals surface area contributed by atoms with Crippen molar-refractivity contribution in [1.29, 1.82) is 0 Å². The predicted octanol–water partition coefficient (Wildman–Crippen LogP) is 3.74. The van der Waals surface area contributed by atoms with Crippen LogP contribution in [0.5, 0.6) is 0 Å². The van der Waals surface area contributed by atoms with Gasteiger partial charge in [-0.3, -0.25) is 0 Å². The van der Waals surface area contributed by atoms with E-state index in [4.69, 9.17) is 14.2 Å². The number of rotatable bonds is 4. The number of thioether (sulfide) groups is 1. The number of ether oxygens (including phenoxy) is 4. The third-order valence-corrected chi connectivity index (χ3v) is 4.62. The minimum Gasteiger partial charge on any atom is -0.457 e. The summed E-state index contributed by atoms with van der Waals surface area (Å²) >= 11 is 1.36. The zero-order chi connectivity index (χ0) is 21.5. The van der Waals surface area contributed by atoms with Crippen LogP contribution in [0.25, 0.3) is 0 Å². The van der Waals surface area contributed by atoms with E-state index in [1.165, 1.54) is 24.9 Å². The fourth-order valence-electron chi connectivity index (χ4n) is 2.38. The average Bonchev–Trinajstić information content (AvgIpc) is 2.52. The fourth-order valence-corrected chi connectivity index (χ4v) is 3.33. The second-order valence-electron chi connectivity index (χ2n) is 8.31. The summed E-state index contributed by atoms with van der Waals surface area (Å²) in [5.74, 6) is -0.400. The van der Waals surface area contributed by atoms with Gasteiger partial charge in [-0.2, -0.15) is 0 Å². The topological polar surface area (TPSA) is 91.4 Å². The Balaban J connectivity index is 2.87. The van der Waals surface area contributed by atoms with Crippen LogP contribution in [-0.4, -0.2) is 65.7 Å². The number of piperidine rings is 1. The molecular formula is C19H31NO7S. The van der Waals surface area contributed by atoms with Crippen LogP contribution in [0.4, 0.5) is 9.59 Å². The van der Waals surface area contributed by atoms with E-state index in [0.717, 1.165) is 0 Å². The molecule has 28 heavy (non-hydrogen) atoms. The first kappa shape index (κ1) is 24.1. The van der Waals surface area contributed by atoms with Crippen molar-refractivity contribution < 1.29 is 33.3 Å². The van der Waals surface area contributed by atoms with Crippen LogP contribution in [0.3, 0.4) is 0 Å². The number of carbonyl (C=O) groups is 3. The molecule has 9 heteroatoms. The molecule has 1 aliphatic rings. The van der Waals surface area contributed by atoms with Crippen molar-refractivity contribution in [3.05, 3.63) is 11.6 Å². The lowest BCUT2D eigenvalue weighted by Gasteiger charge is -2.35. The van der Waals surface area contributed by atoms with E-state index in [-0.39, 0.29) is 17.7 Å². The van der Waals surface area contributed by atoms with E-state index < -0.39 is 29.4 Å². The summed E-state index contributed by atoms with van der Waals surface area (Å²) in [6, 6.07) is 0. The second-order valence-corrected chi connectivity index (χ2v) is 9.45. The third-order valence-electron chi connectivity index (χ3n) is 3.42. The molecule has 1 unspecified atom stereocenters. The van der Waals surface area contributed by atoms with Gasteiger partial charge in [0.2, 0.25) is 0 Å². The number of amides is 1. The Kier molecular flexibility index (Phi) is 8.66. The normalized spacial score (nSPS) is 19.2. The lowest BCUT2D eigenvalue weighted by atomic mass is 10.0. The molecule has 1 saturated heterocycles. The maximum Gasteiger partial charge on any atom is 0.508 e. The molecule has 0 aromatic heterocycles. The van der Waals surface area contributed by atoms with Gasteiger partial charge < -0.3 is 23.8 Å². The van der Waals surface area contributed by atoms with Crippen molar-refractivity contribution in [2.24, 2.45) is 0 Å². The van der Waals surface area contributed by atoms with Crippen molar-refractivity contribution >= 4 is 30.0 Å². The summed E-state index contributed by atoms with van der Waals surface area (Å²) in [5, 5.41) is -0.101. The molecule has 1 aliphatic heterocycles. The highest BCUT2D eigenvalue weighted by Crippen LogP contribution is 2.29. The number of carbonyl (C=O) groups excluding carboxylic acids is 3. The van der Waals surface area contributed by atoms with E-state index in [1.54, 1.807) is 46.4 Å². The number of likely N-dealkylation sites (tertiary alicyclic amines) is 1. The van der Waals surface area contributed by atoms with E-state index in [9.17, 15) is 14.4 Å². The van der Waals surface area contributed by atoms with Gasteiger partial charge in [-0.05, 0) is 53.5 Å². The van der Waals surface area contributed by atoms with Crippen molar-refractivity contribution in [1.82, 2.24) is 4.90 Å². The summed E-state index contributed by atoms with van der Waals surface area (Å²) in [6.07, 6.45) is 0.800. The van der Waals surface area contributed by atoms with Crippen molar-refractivity contribution in [2.75, 3.05) is 26.1 Å². The fraction of sp³-hybridized carbons (Fsp3) is 0.737. The molecule has 0 N–H and O–H groups in total. The minimum atomic E-state index is -0.767. The molecule has 1 amide bonds. The smallest absolute Gasteiger partial charge is 0.457 e. The Morgan fingerprint density at radius 1 is 1.11 bits per heavy atom. The van der Waals surface area contributed by atoms with Gasteiger partial charge in [0.25, 0.3) is 0 Å². The van der Waals surface area contributed by atoms with Crippen molar-refractivity contribution in [3.8, 4) is 0 Å². The lowest BCUT2D eigenvalue weighted by Crippen LogP contribution is -2.44. The lowest BCUT2D eigenvalue weighted by molar-refractivity contribution is -0.148. The molecule has 0 bridgehead atoms. The Morgan fingerprint density at radius 3 is 2.25 bits per heavy atom.